The summed E-state index contributed by atoms with van der Waals surface area (Å²) in [7, 11) is 1.50. The molecule has 2 aliphatic carbocycles. The van der Waals surface area contributed by atoms with Crippen LogP contribution in [0, 0.1) is 17.8 Å². The smallest absolute Gasteiger partial charge is 0.416 e. The molecule has 2 N–H and O–H groups in total. The number of carboxylic acids is 1. The number of ether oxygens (including phenoxy) is 1. The molecule has 3 atom stereocenters. The third-order valence-electron chi connectivity index (χ3n) is 7.26. The second-order valence-electron chi connectivity index (χ2n) is 10.0. The van der Waals surface area contributed by atoms with Crippen molar-refractivity contribution in [3.8, 4) is 17.1 Å². The molecular formula is C27H27ClF3N5O3. The second-order valence-corrected chi connectivity index (χ2v) is 10.4. The van der Waals surface area contributed by atoms with Gasteiger partial charge in [-0.25, -0.2) is 19.7 Å². The zero-order chi connectivity index (χ0) is 28.1. The fourth-order valence-corrected chi connectivity index (χ4v) is 5.12. The number of carbonyl (C=O) groups is 1. The van der Waals surface area contributed by atoms with Crippen LogP contribution in [0.2, 0.25) is 5.02 Å². The maximum atomic E-state index is 13.3. The number of nitrogens with zero attached hydrogens (tertiary/aromatic N) is 4. The number of rotatable bonds is 8. The predicted octanol–water partition coefficient (Wildman–Crippen LogP) is 6.37. The third-order valence-corrected chi connectivity index (χ3v) is 7.55. The summed E-state index contributed by atoms with van der Waals surface area (Å²) in [6, 6.07) is 5.14. The van der Waals surface area contributed by atoms with E-state index in [1.807, 2.05) is 11.5 Å². The molecule has 3 aromatic rings. The maximum absolute atomic E-state index is 13.3. The lowest BCUT2D eigenvalue weighted by atomic mass is 9.86. The van der Waals surface area contributed by atoms with E-state index >= 15 is 0 Å². The molecule has 8 nitrogen and oxygen atoms in total. The van der Waals surface area contributed by atoms with Gasteiger partial charge in [0.15, 0.2) is 11.5 Å². The van der Waals surface area contributed by atoms with Gasteiger partial charge in [-0.05, 0) is 49.8 Å². The van der Waals surface area contributed by atoms with Crippen LogP contribution in [0.3, 0.4) is 0 Å². The number of anilines is 1. The molecule has 12 heteroatoms. The van der Waals surface area contributed by atoms with Gasteiger partial charge < -0.3 is 19.7 Å². The minimum absolute atomic E-state index is 0.0257. The molecule has 206 valence electrons. The van der Waals surface area contributed by atoms with Crippen LogP contribution in [0.15, 0.2) is 42.0 Å². The summed E-state index contributed by atoms with van der Waals surface area (Å²) in [4.78, 5) is 25.1. The van der Waals surface area contributed by atoms with Crippen LogP contribution in [0.5, 0.6) is 5.75 Å². The zero-order valence-electron chi connectivity index (χ0n) is 21.5. The molecule has 2 aromatic heterocycles. The molecular weight excluding hydrogens is 535 g/mol. The lowest BCUT2D eigenvalue weighted by Gasteiger charge is -2.26. The van der Waals surface area contributed by atoms with Crippen molar-refractivity contribution in [2.45, 2.75) is 45.5 Å². The molecule has 0 saturated heterocycles. The number of aromatic carboxylic acids is 1. The summed E-state index contributed by atoms with van der Waals surface area (Å²) >= 11 is 6.41. The van der Waals surface area contributed by atoms with Crippen molar-refractivity contribution in [2.24, 2.45) is 17.8 Å². The van der Waals surface area contributed by atoms with E-state index in [2.05, 4.69) is 20.3 Å². The topological polar surface area (TPSA) is 102 Å². The number of benzene rings is 1. The summed E-state index contributed by atoms with van der Waals surface area (Å²) < 4.78 is 47.1. The number of carboxylic acid groups (broad SMARTS) is 1. The molecule has 0 aliphatic heterocycles. The van der Waals surface area contributed by atoms with Gasteiger partial charge in [0.05, 0.1) is 17.7 Å². The van der Waals surface area contributed by atoms with Crippen molar-refractivity contribution in [3.05, 3.63) is 52.8 Å². The van der Waals surface area contributed by atoms with Crippen LogP contribution in [-0.2, 0) is 6.54 Å². The number of methoxy groups -OCH3 is 1. The molecule has 0 spiro atoms. The van der Waals surface area contributed by atoms with Gasteiger partial charge in [-0.2, -0.15) is 13.2 Å². The van der Waals surface area contributed by atoms with Crippen molar-refractivity contribution >= 4 is 34.6 Å². The van der Waals surface area contributed by atoms with Crippen molar-refractivity contribution in [2.75, 3.05) is 12.4 Å². The summed E-state index contributed by atoms with van der Waals surface area (Å²) in [5.41, 5.74) is 0.559. The number of hydrogen-bond donors (Lipinski definition) is 2. The van der Waals surface area contributed by atoms with E-state index in [1.165, 1.54) is 13.2 Å². The number of fused-ring (bicyclic) bond motifs is 1. The molecule has 1 aromatic carbocycles. The molecule has 39 heavy (non-hydrogen) atoms. The molecule has 2 heterocycles. The minimum Gasteiger partial charge on any atom is -0.495 e. The van der Waals surface area contributed by atoms with Gasteiger partial charge in [0.25, 0.3) is 0 Å². The van der Waals surface area contributed by atoms with E-state index in [1.54, 1.807) is 31.2 Å². The average molecular weight is 562 g/mol. The third kappa shape index (κ3) is 5.45. The van der Waals surface area contributed by atoms with Gasteiger partial charge in [-0.15, -0.1) is 0 Å². The van der Waals surface area contributed by atoms with Crippen LogP contribution in [-0.4, -0.2) is 49.9 Å². The molecule has 5 rings (SSSR count). The number of allylic oxidation sites excluding steroid dienone is 4. The standard InChI is InChI=1S/C27H27ClF3N5O3/c1-13-10-18(27(29,30)31)8-6-17(13)12-36-21-22(32-14(2)15-4-5-15)33-24(26(37)38)34-23(21)35-25(36)16-7-9-20(39-3)19(28)11-16/h6-11,13-15,17H,4-5,12H2,1-3H3,(H,37,38)(H,32,33,34)/t13?,14-,17?/m1/s1. The molecule has 0 bridgehead atoms. The SMILES string of the molecule is COc1ccc(-c2nc3nc(C(=O)O)nc(N[C@H](C)C4CC4)c3n2CC2C=CC(C(F)(F)F)=CC2C)cc1Cl. The Morgan fingerprint density at radius 3 is 2.62 bits per heavy atom. The van der Waals surface area contributed by atoms with Crippen LogP contribution >= 0.6 is 11.6 Å². The Morgan fingerprint density at radius 1 is 1.28 bits per heavy atom. The fraction of sp³-hybridized carbons (Fsp3) is 0.407. The van der Waals surface area contributed by atoms with Gasteiger partial charge in [-0.3, -0.25) is 0 Å². The van der Waals surface area contributed by atoms with Crippen LogP contribution < -0.4 is 10.1 Å². The Morgan fingerprint density at radius 2 is 2.03 bits per heavy atom. The first-order chi connectivity index (χ1) is 18.5. The van der Waals surface area contributed by atoms with Crippen molar-refractivity contribution in [3.63, 3.8) is 0 Å². The van der Waals surface area contributed by atoms with Gasteiger partial charge in [-0.1, -0.05) is 36.8 Å². The highest BCUT2D eigenvalue weighted by atomic mass is 35.5. The Bertz CT molecular complexity index is 1500. The Labute approximate surface area is 227 Å². The van der Waals surface area contributed by atoms with Crippen LogP contribution in [0.1, 0.15) is 37.3 Å². The van der Waals surface area contributed by atoms with E-state index in [0.29, 0.717) is 39.4 Å². The van der Waals surface area contributed by atoms with Crippen molar-refractivity contribution in [1.82, 2.24) is 19.5 Å². The van der Waals surface area contributed by atoms with E-state index in [9.17, 15) is 23.1 Å². The van der Waals surface area contributed by atoms with Crippen LogP contribution in [0.4, 0.5) is 19.0 Å². The Kier molecular flexibility index (Phi) is 7.04. The number of hydrogen-bond acceptors (Lipinski definition) is 6. The normalized spacial score (nSPS) is 20.1. The molecule has 2 unspecified atom stereocenters. The van der Waals surface area contributed by atoms with Gasteiger partial charge >= 0.3 is 12.1 Å². The number of alkyl halides is 3. The van der Waals surface area contributed by atoms with Crippen molar-refractivity contribution in [1.29, 1.82) is 0 Å². The van der Waals surface area contributed by atoms with Gasteiger partial charge in [0.1, 0.15) is 17.1 Å². The number of halogens is 4. The second kappa shape index (κ2) is 10.2. The first-order valence-electron chi connectivity index (χ1n) is 12.6. The van der Waals surface area contributed by atoms with E-state index in [-0.39, 0.29) is 24.2 Å². The molecule has 0 amide bonds. The highest BCUT2D eigenvalue weighted by Gasteiger charge is 2.35. The Hall–Kier alpha value is -3.60. The minimum atomic E-state index is -4.43. The molecule has 1 saturated carbocycles. The highest BCUT2D eigenvalue weighted by Crippen LogP contribution is 2.39. The lowest BCUT2D eigenvalue weighted by molar-refractivity contribution is -0.0891. The highest BCUT2D eigenvalue weighted by molar-refractivity contribution is 6.32. The zero-order valence-corrected chi connectivity index (χ0v) is 22.2. The fourth-order valence-electron chi connectivity index (χ4n) is 4.86. The molecule has 0 radical (unpaired) electrons. The lowest BCUT2D eigenvalue weighted by Crippen LogP contribution is -2.23. The summed E-state index contributed by atoms with van der Waals surface area (Å²) in [5, 5.41) is 13.4. The quantitative estimate of drug-likeness (QED) is 0.329. The molecule has 2 aliphatic rings. The summed E-state index contributed by atoms with van der Waals surface area (Å²) in [6.45, 7) is 3.99. The summed E-state index contributed by atoms with van der Waals surface area (Å²) in [6.07, 6.45) is 1.56. The summed E-state index contributed by atoms with van der Waals surface area (Å²) in [5.74, 6) is -0.797. The number of nitrogens with one attached hydrogen (secondary N) is 1. The van der Waals surface area contributed by atoms with Crippen LogP contribution in [0.25, 0.3) is 22.6 Å². The first kappa shape index (κ1) is 27.0. The maximum Gasteiger partial charge on any atom is 0.416 e. The van der Waals surface area contributed by atoms with E-state index < -0.39 is 29.5 Å². The van der Waals surface area contributed by atoms with Gasteiger partial charge in [0.2, 0.25) is 5.82 Å². The largest absolute Gasteiger partial charge is 0.495 e. The average Bonchev–Trinajstić information content (AvgIpc) is 3.66. The van der Waals surface area contributed by atoms with Gasteiger partial charge in [0, 0.05) is 24.1 Å². The monoisotopic (exact) mass is 561 g/mol. The first-order valence-corrected chi connectivity index (χ1v) is 12.9. The van der Waals surface area contributed by atoms with E-state index in [4.69, 9.17) is 16.3 Å². The number of aromatic nitrogens is 4. The number of imidazole rings is 1. The van der Waals surface area contributed by atoms with Crippen molar-refractivity contribution < 1.29 is 27.8 Å². The molecule has 1 fully saturated rings. The predicted molar refractivity (Wildman–Crippen MR) is 141 cm³/mol. The van der Waals surface area contributed by atoms with E-state index in [0.717, 1.165) is 18.9 Å². The Balaban J connectivity index is 1.67.